The van der Waals surface area contributed by atoms with Crippen LogP contribution in [0.1, 0.15) is 65.7 Å². The predicted octanol–water partition coefficient (Wildman–Crippen LogP) is 3.94. The maximum atomic E-state index is 12.5. The second-order valence-corrected chi connectivity index (χ2v) is 9.83. The third kappa shape index (κ3) is 2.34. The van der Waals surface area contributed by atoms with Crippen molar-refractivity contribution in [2.45, 2.75) is 65.7 Å². The maximum absolute atomic E-state index is 12.5. The van der Waals surface area contributed by atoms with Gasteiger partial charge >= 0.3 is 0 Å². The zero-order valence-corrected chi connectivity index (χ0v) is 15.9. The molecule has 0 bridgehead atoms. The van der Waals surface area contributed by atoms with Gasteiger partial charge in [-0.1, -0.05) is 26.3 Å². The fraction of sp³-hybridized carbons (Fsp3) is 0.818. The summed E-state index contributed by atoms with van der Waals surface area (Å²) >= 11 is 0. The molecule has 0 aliphatic heterocycles. The molecule has 3 fully saturated rings. The summed E-state index contributed by atoms with van der Waals surface area (Å²) in [4.78, 5) is 24.4. The van der Waals surface area contributed by atoms with Crippen LogP contribution in [0.2, 0.25) is 0 Å². The summed E-state index contributed by atoms with van der Waals surface area (Å²) in [5, 5.41) is 9.48. The molecule has 7 atom stereocenters. The zero-order chi connectivity index (χ0) is 18.0. The highest BCUT2D eigenvalue weighted by atomic mass is 16.3. The number of rotatable bonds is 2. The number of carbonyl (C=O) groups excluding carboxylic acids is 2. The molecule has 4 aliphatic carbocycles. The SMILES string of the molecule is CC1C[C@H]2[C@@H]3CCC4=CC(=O)CC[C@]4(C)[C@H]3CC[C@]2(C)[C@H]1C(=O)CO. The first kappa shape index (κ1) is 17.5. The zero-order valence-electron chi connectivity index (χ0n) is 15.9. The average molecular weight is 344 g/mol. The highest BCUT2D eigenvalue weighted by Crippen LogP contribution is 2.67. The second-order valence-electron chi connectivity index (χ2n) is 9.83. The average Bonchev–Trinajstić information content (AvgIpc) is 2.85. The van der Waals surface area contributed by atoms with E-state index in [1.165, 1.54) is 18.4 Å². The Hall–Kier alpha value is -0.960. The summed E-state index contributed by atoms with van der Waals surface area (Å²) in [5.41, 5.74) is 1.66. The lowest BCUT2D eigenvalue weighted by molar-refractivity contribution is -0.134. The van der Waals surface area contributed by atoms with Crippen molar-refractivity contribution in [3.63, 3.8) is 0 Å². The molecular formula is C22H32O3. The van der Waals surface area contributed by atoms with Gasteiger partial charge in [0.05, 0.1) is 0 Å². The van der Waals surface area contributed by atoms with E-state index in [0.29, 0.717) is 35.9 Å². The number of Topliss-reactive ketones (excluding diaryl/α,β-unsaturated/α-hetero) is 1. The number of hydrogen-bond acceptors (Lipinski definition) is 3. The molecule has 0 aromatic carbocycles. The van der Waals surface area contributed by atoms with E-state index in [9.17, 15) is 14.7 Å². The van der Waals surface area contributed by atoms with Crippen LogP contribution in [-0.4, -0.2) is 23.3 Å². The molecule has 1 unspecified atom stereocenters. The number of carbonyl (C=O) groups is 2. The molecule has 0 aromatic heterocycles. The third-order valence-electron chi connectivity index (χ3n) is 8.81. The molecule has 138 valence electrons. The van der Waals surface area contributed by atoms with Gasteiger partial charge in [-0.3, -0.25) is 9.59 Å². The van der Waals surface area contributed by atoms with Crippen molar-refractivity contribution in [2.24, 2.45) is 40.4 Å². The second kappa shape index (κ2) is 5.77. The summed E-state index contributed by atoms with van der Waals surface area (Å²) in [6, 6.07) is 0. The van der Waals surface area contributed by atoms with E-state index in [4.69, 9.17) is 0 Å². The van der Waals surface area contributed by atoms with Gasteiger partial charge in [0.1, 0.15) is 6.61 Å². The van der Waals surface area contributed by atoms with Crippen LogP contribution in [0.3, 0.4) is 0 Å². The van der Waals surface area contributed by atoms with E-state index in [-0.39, 0.29) is 29.1 Å². The number of hydrogen-bond donors (Lipinski definition) is 1. The lowest BCUT2D eigenvalue weighted by Crippen LogP contribution is -2.51. The molecule has 4 rings (SSSR count). The number of ketones is 2. The van der Waals surface area contributed by atoms with E-state index in [1.54, 1.807) is 0 Å². The van der Waals surface area contributed by atoms with E-state index >= 15 is 0 Å². The summed E-state index contributed by atoms with van der Waals surface area (Å²) in [5.74, 6) is 2.71. The van der Waals surface area contributed by atoms with Gasteiger partial charge in [0.15, 0.2) is 11.6 Å². The summed E-state index contributed by atoms with van der Waals surface area (Å²) < 4.78 is 0. The van der Waals surface area contributed by atoms with Crippen LogP contribution in [0, 0.1) is 40.4 Å². The normalized spacial score (nSPS) is 49.0. The quantitative estimate of drug-likeness (QED) is 0.825. The fourth-order valence-electron chi connectivity index (χ4n) is 7.71. The maximum Gasteiger partial charge on any atom is 0.162 e. The van der Waals surface area contributed by atoms with Gasteiger partial charge in [-0.15, -0.1) is 0 Å². The molecule has 3 saturated carbocycles. The lowest BCUT2D eigenvalue weighted by Gasteiger charge is -2.58. The summed E-state index contributed by atoms with van der Waals surface area (Å²) in [7, 11) is 0. The lowest BCUT2D eigenvalue weighted by atomic mass is 9.46. The Morgan fingerprint density at radius 3 is 2.68 bits per heavy atom. The van der Waals surface area contributed by atoms with Gasteiger partial charge < -0.3 is 5.11 Å². The van der Waals surface area contributed by atoms with E-state index < -0.39 is 0 Å². The Morgan fingerprint density at radius 1 is 1.20 bits per heavy atom. The van der Waals surface area contributed by atoms with Crippen LogP contribution >= 0.6 is 0 Å². The van der Waals surface area contributed by atoms with Crippen LogP contribution in [0.5, 0.6) is 0 Å². The van der Waals surface area contributed by atoms with E-state index in [1.807, 2.05) is 6.08 Å². The summed E-state index contributed by atoms with van der Waals surface area (Å²) in [6.07, 6.45) is 9.29. The predicted molar refractivity (Wildman–Crippen MR) is 96.8 cm³/mol. The minimum Gasteiger partial charge on any atom is -0.389 e. The minimum absolute atomic E-state index is 0.0288. The van der Waals surface area contributed by atoms with Crippen molar-refractivity contribution in [3.05, 3.63) is 11.6 Å². The number of aliphatic hydroxyl groups is 1. The Morgan fingerprint density at radius 2 is 1.96 bits per heavy atom. The van der Waals surface area contributed by atoms with Crippen LogP contribution < -0.4 is 0 Å². The number of fused-ring (bicyclic) bond motifs is 5. The van der Waals surface area contributed by atoms with E-state index in [0.717, 1.165) is 25.7 Å². The van der Waals surface area contributed by atoms with Gasteiger partial charge in [0.2, 0.25) is 0 Å². The molecule has 0 aromatic rings. The van der Waals surface area contributed by atoms with Crippen molar-refractivity contribution in [1.29, 1.82) is 0 Å². The first-order valence-electron chi connectivity index (χ1n) is 10.2. The van der Waals surface area contributed by atoms with Crippen molar-refractivity contribution >= 4 is 11.6 Å². The molecule has 3 heteroatoms. The van der Waals surface area contributed by atoms with Gasteiger partial charge in [-0.05, 0) is 79.1 Å². The molecular weight excluding hydrogens is 312 g/mol. The molecule has 1 N–H and O–H groups in total. The molecule has 0 saturated heterocycles. The molecule has 25 heavy (non-hydrogen) atoms. The Balaban J connectivity index is 1.67. The minimum atomic E-state index is -0.307. The number of allylic oxidation sites excluding steroid dienone is 1. The van der Waals surface area contributed by atoms with Gasteiger partial charge in [-0.25, -0.2) is 0 Å². The Kier molecular flexibility index (Phi) is 4.03. The van der Waals surface area contributed by atoms with Crippen molar-refractivity contribution < 1.29 is 14.7 Å². The van der Waals surface area contributed by atoms with Gasteiger partial charge in [0.25, 0.3) is 0 Å². The topological polar surface area (TPSA) is 54.4 Å². The largest absolute Gasteiger partial charge is 0.389 e. The van der Waals surface area contributed by atoms with Crippen molar-refractivity contribution in [2.75, 3.05) is 6.61 Å². The monoisotopic (exact) mass is 344 g/mol. The summed E-state index contributed by atoms with van der Waals surface area (Å²) in [6.45, 7) is 6.64. The molecule has 4 aliphatic rings. The Bertz CT molecular complexity index is 635. The highest BCUT2D eigenvalue weighted by Gasteiger charge is 2.61. The molecule has 0 radical (unpaired) electrons. The van der Waals surface area contributed by atoms with Crippen molar-refractivity contribution in [3.8, 4) is 0 Å². The third-order valence-corrected chi connectivity index (χ3v) is 8.81. The van der Waals surface area contributed by atoms with Crippen LogP contribution in [0.15, 0.2) is 11.6 Å². The molecule has 0 spiro atoms. The fourth-order valence-corrected chi connectivity index (χ4v) is 7.71. The smallest absolute Gasteiger partial charge is 0.162 e. The first-order valence-corrected chi connectivity index (χ1v) is 10.2. The van der Waals surface area contributed by atoms with Crippen molar-refractivity contribution in [1.82, 2.24) is 0 Å². The standard InChI is InChI=1S/C22H32O3/c1-13-10-18-16-5-4-14-11-15(24)6-8-21(14,2)17(16)7-9-22(18,3)20(13)19(25)12-23/h11,13,16-18,20,23H,4-10,12H2,1-3H3/t13?,16-,17+,18+,20-,21+,22+/m1/s1. The highest BCUT2D eigenvalue weighted by molar-refractivity contribution is 5.91. The first-order chi connectivity index (χ1) is 11.8. The molecule has 3 nitrogen and oxygen atoms in total. The van der Waals surface area contributed by atoms with Gasteiger partial charge in [0, 0.05) is 12.3 Å². The Labute approximate surface area is 151 Å². The molecule has 0 amide bonds. The van der Waals surface area contributed by atoms with Crippen LogP contribution in [0.25, 0.3) is 0 Å². The van der Waals surface area contributed by atoms with Gasteiger partial charge in [-0.2, -0.15) is 0 Å². The molecule has 0 heterocycles. The van der Waals surface area contributed by atoms with Crippen LogP contribution in [0.4, 0.5) is 0 Å². The van der Waals surface area contributed by atoms with Crippen LogP contribution in [-0.2, 0) is 9.59 Å². The number of aliphatic hydroxyl groups excluding tert-OH is 1. The van der Waals surface area contributed by atoms with E-state index in [2.05, 4.69) is 20.8 Å².